The minimum absolute atomic E-state index is 0.0194. The van der Waals surface area contributed by atoms with Gasteiger partial charge in [-0.15, -0.1) is 0 Å². The molecule has 39 heavy (non-hydrogen) atoms. The zero-order valence-electron chi connectivity index (χ0n) is 25.6. The van der Waals surface area contributed by atoms with E-state index < -0.39 is 0 Å². The molecule has 1 aromatic carbocycles. The third kappa shape index (κ3) is 10.6. The summed E-state index contributed by atoms with van der Waals surface area (Å²) in [6.07, 6.45) is 9.86. The molecule has 1 aliphatic carbocycles. The minimum Gasteiger partial charge on any atom is -0.466 e. The maximum Gasteiger partial charge on any atom is 0.309 e. The van der Waals surface area contributed by atoms with E-state index in [1.165, 1.54) is 5.56 Å². The summed E-state index contributed by atoms with van der Waals surface area (Å²) in [4.78, 5) is 26.9. The lowest BCUT2D eigenvalue weighted by Crippen LogP contribution is -2.32. The van der Waals surface area contributed by atoms with Gasteiger partial charge in [-0.3, -0.25) is 9.59 Å². The fourth-order valence-corrected chi connectivity index (χ4v) is 4.16. The Morgan fingerprint density at radius 3 is 2.23 bits per heavy atom. The molecular weight excluding hydrogens is 488 g/mol. The second-order valence-corrected chi connectivity index (χ2v) is 10.2. The van der Waals surface area contributed by atoms with E-state index in [4.69, 9.17) is 9.15 Å². The molecule has 2 heterocycles. The molecule has 6 nitrogen and oxygen atoms in total. The lowest BCUT2D eigenvalue weighted by Gasteiger charge is -2.20. The van der Waals surface area contributed by atoms with Gasteiger partial charge in [0.1, 0.15) is 0 Å². The highest BCUT2D eigenvalue weighted by Crippen LogP contribution is 2.31. The summed E-state index contributed by atoms with van der Waals surface area (Å²) in [7, 11) is 0. The monoisotopic (exact) mass is 538 g/mol. The van der Waals surface area contributed by atoms with E-state index in [9.17, 15) is 9.59 Å². The summed E-state index contributed by atoms with van der Waals surface area (Å²) in [5, 5.41) is 3.20. The van der Waals surface area contributed by atoms with Gasteiger partial charge in [0.15, 0.2) is 17.7 Å². The van der Waals surface area contributed by atoms with Crippen LogP contribution in [0.4, 0.5) is 0 Å². The van der Waals surface area contributed by atoms with Gasteiger partial charge in [0.2, 0.25) is 5.89 Å². The van der Waals surface area contributed by atoms with Gasteiger partial charge in [0, 0.05) is 11.1 Å². The normalized spacial score (nSPS) is 16.7. The van der Waals surface area contributed by atoms with Crippen LogP contribution in [0.25, 0.3) is 17.0 Å². The fraction of sp³-hybridized carbons (Fsp3) is 0.545. The second-order valence-electron chi connectivity index (χ2n) is 10.2. The number of nitrogens with one attached hydrogen (secondary N) is 1. The Hall–Kier alpha value is -2.99. The zero-order valence-corrected chi connectivity index (χ0v) is 25.6. The molecule has 1 aromatic heterocycles. The van der Waals surface area contributed by atoms with Crippen LogP contribution < -0.4 is 5.32 Å². The number of piperidine rings is 1. The molecule has 2 aliphatic rings. The molecule has 1 N–H and O–H groups in total. The number of aldehydes is 1. The van der Waals surface area contributed by atoms with Crippen LogP contribution in [-0.2, 0) is 14.9 Å². The number of ether oxygens (including phenoxy) is 1. The van der Waals surface area contributed by atoms with Crippen molar-refractivity contribution in [3.8, 4) is 11.5 Å². The largest absolute Gasteiger partial charge is 0.466 e. The van der Waals surface area contributed by atoms with Gasteiger partial charge in [0.05, 0.1) is 12.5 Å². The molecule has 1 saturated heterocycles. The van der Waals surface area contributed by atoms with E-state index in [1.807, 2.05) is 52.8 Å². The molecule has 1 aliphatic heterocycles. The highest BCUT2D eigenvalue weighted by molar-refractivity contribution is 5.85. The van der Waals surface area contributed by atoms with Crippen molar-refractivity contribution in [2.24, 2.45) is 11.8 Å². The lowest BCUT2D eigenvalue weighted by atomic mass is 9.87. The summed E-state index contributed by atoms with van der Waals surface area (Å²) in [6, 6.07) is 8.17. The highest BCUT2D eigenvalue weighted by Gasteiger charge is 2.22. The SMILES string of the molecule is CC.CC.CC1C=C(c2oc(-c3ccc(C(C)(C)C)cc3)nc2C=O)C=CC1.CCOC(=O)C1CCNCC1. The van der Waals surface area contributed by atoms with Crippen LogP contribution in [0, 0.1) is 11.8 Å². The average Bonchev–Trinajstić information content (AvgIpc) is 3.41. The van der Waals surface area contributed by atoms with Gasteiger partial charge in [-0.1, -0.05) is 85.8 Å². The number of rotatable bonds is 5. The average molecular weight is 539 g/mol. The molecule has 0 saturated carbocycles. The van der Waals surface area contributed by atoms with Gasteiger partial charge >= 0.3 is 5.97 Å². The van der Waals surface area contributed by atoms with E-state index in [0.29, 0.717) is 29.9 Å². The number of allylic oxidation sites excluding steroid dienone is 4. The molecular formula is C33H50N2O4. The Morgan fingerprint density at radius 2 is 1.72 bits per heavy atom. The van der Waals surface area contributed by atoms with E-state index in [1.54, 1.807) is 0 Å². The Kier molecular flexibility index (Phi) is 15.3. The molecule has 2 aromatic rings. The highest BCUT2D eigenvalue weighted by atomic mass is 16.5. The van der Waals surface area contributed by atoms with Crippen molar-refractivity contribution in [3.63, 3.8) is 0 Å². The van der Waals surface area contributed by atoms with Crippen LogP contribution in [0.3, 0.4) is 0 Å². The molecule has 0 radical (unpaired) electrons. The lowest BCUT2D eigenvalue weighted by molar-refractivity contribution is -0.148. The molecule has 6 heteroatoms. The fourth-order valence-electron chi connectivity index (χ4n) is 4.16. The maximum absolute atomic E-state index is 11.4. The summed E-state index contributed by atoms with van der Waals surface area (Å²) in [5.41, 5.74) is 3.52. The van der Waals surface area contributed by atoms with Crippen LogP contribution in [0.2, 0.25) is 0 Å². The third-order valence-electron chi connectivity index (χ3n) is 6.25. The van der Waals surface area contributed by atoms with Crippen molar-refractivity contribution < 1.29 is 18.7 Å². The number of carbonyl (C=O) groups excluding carboxylic acids is 2. The summed E-state index contributed by atoms with van der Waals surface area (Å²) in [6.45, 7) is 20.9. The van der Waals surface area contributed by atoms with Crippen molar-refractivity contribution in [2.45, 2.75) is 87.0 Å². The predicted octanol–water partition coefficient (Wildman–Crippen LogP) is 8.03. The first-order chi connectivity index (χ1) is 18.7. The molecule has 1 atom stereocenters. The number of aromatic nitrogens is 1. The van der Waals surface area contributed by atoms with Crippen molar-refractivity contribution >= 4 is 17.8 Å². The third-order valence-corrected chi connectivity index (χ3v) is 6.25. The zero-order chi connectivity index (χ0) is 29.4. The predicted molar refractivity (Wildman–Crippen MR) is 162 cm³/mol. The van der Waals surface area contributed by atoms with Gasteiger partial charge < -0.3 is 14.5 Å². The number of carbonyl (C=O) groups is 2. The Labute approximate surface area is 236 Å². The van der Waals surface area contributed by atoms with E-state index in [2.05, 4.69) is 62.3 Å². The molecule has 1 unspecified atom stereocenters. The Morgan fingerprint density at radius 1 is 1.10 bits per heavy atom. The van der Waals surface area contributed by atoms with Crippen molar-refractivity contribution in [2.75, 3.05) is 19.7 Å². The molecule has 216 valence electrons. The number of hydrogen-bond donors (Lipinski definition) is 1. The molecule has 0 spiro atoms. The number of benzene rings is 1. The minimum atomic E-state index is -0.0194. The van der Waals surface area contributed by atoms with Crippen molar-refractivity contribution in [3.05, 3.63) is 59.5 Å². The molecule has 0 amide bonds. The second kappa shape index (κ2) is 17.6. The quantitative estimate of drug-likeness (QED) is 0.306. The number of oxazole rings is 1. The molecule has 4 rings (SSSR count). The van der Waals surface area contributed by atoms with Crippen molar-refractivity contribution in [1.82, 2.24) is 10.3 Å². The van der Waals surface area contributed by atoms with E-state index in [0.717, 1.165) is 49.8 Å². The topological polar surface area (TPSA) is 81.4 Å². The standard InChI is InChI=1S/C21H23NO2.C8H15NO2.2C2H6/c1-14-6-5-7-16(12-14)19-18(13-23)22-20(24-19)15-8-10-17(11-9-15)21(2,3)4;1-2-11-8(10)7-3-5-9-6-4-7;2*1-2/h5,7-14H,6H2,1-4H3;7,9H,2-6H2,1H3;2*1-2H3. The van der Waals surface area contributed by atoms with Gasteiger partial charge in [-0.05, 0) is 68.3 Å². The van der Waals surface area contributed by atoms with Crippen LogP contribution in [0.15, 0.2) is 46.9 Å². The molecule has 1 fully saturated rings. The molecule has 0 bridgehead atoms. The Bertz CT molecular complexity index is 1050. The van der Waals surface area contributed by atoms with Gasteiger partial charge in [0.25, 0.3) is 0 Å². The van der Waals surface area contributed by atoms with Crippen LogP contribution in [0.5, 0.6) is 0 Å². The van der Waals surface area contributed by atoms with Crippen LogP contribution >= 0.6 is 0 Å². The summed E-state index contributed by atoms with van der Waals surface area (Å²) < 4.78 is 10.9. The number of nitrogens with zero attached hydrogens (tertiary/aromatic N) is 1. The summed E-state index contributed by atoms with van der Waals surface area (Å²) >= 11 is 0. The Balaban J connectivity index is 0.000000425. The summed E-state index contributed by atoms with van der Waals surface area (Å²) in [5.74, 6) is 1.61. The van der Waals surface area contributed by atoms with Crippen molar-refractivity contribution in [1.29, 1.82) is 0 Å². The first-order valence-electron chi connectivity index (χ1n) is 14.6. The maximum atomic E-state index is 11.4. The van der Waals surface area contributed by atoms with Crippen LogP contribution in [0.1, 0.15) is 103 Å². The van der Waals surface area contributed by atoms with Gasteiger partial charge in [-0.2, -0.15) is 0 Å². The number of hydrogen-bond acceptors (Lipinski definition) is 6. The first kappa shape index (κ1) is 34.0. The van der Waals surface area contributed by atoms with Gasteiger partial charge in [-0.25, -0.2) is 4.98 Å². The van der Waals surface area contributed by atoms with E-state index in [-0.39, 0.29) is 17.3 Å². The smallest absolute Gasteiger partial charge is 0.309 e. The number of esters is 1. The first-order valence-corrected chi connectivity index (χ1v) is 14.6. The van der Waals surface area contributed by atoms with E-state index >= 15 is 0 Å². The van der Waals surface area contributed by atoms with Crippen LogP contribution in [-0.4, -0.2) is 36.9 Å².